The zero-order valence-electron chi connectivity index (χ0n) is 8.41. The van der Waals surface area contributed by atoms with Gasteiger partial charge in [-0.25, -0.2) is 0 Å². The molecule has 2 heterocycles. The van der Waals surface area contributed by atoms with E-state index in [-0.39, 0.29) is 0 Å². The molecule has 1 saturated heterocycles. The number of halogens is 1. The molecule has 0 spiro atoms. The molecular formula is C11H15BrN2. The third-order valence-corrected chi connectivity index (χ3v) is 3.67. The normalized spacial score (nSPS) is 18.6. The van der Waals surface area contributed by atoms with Gasteiger partial charge in [0, 0.05) is 36.0 Å². The third-order valence-electron chi connectivity index (χ3n) is 2.76. The maximum Gasteiger partial charge on any atom is 0.0426 e. The smallest absolute Gasteiger partial charge is 0.0426 e. The number of anilines is 1. The van der Waals surface area contributed by atoms with E-state index in [0.717, 1.165) is 13.1 Å². The van der Waals surface area contributed by atoms with Gasteiger partial charge in [0.1, 0.15) is 0 Å². The molecule has 2 nitrogen and oxygen atoms in total. The highest BCUT2D eigenvalue weighted by Gasteiger charge is 2.17. The summed E-state index contributed by atoms with van der Waals surface area (Å²) in [4.78, 5) is 7.28. The first kappa shape index (κ1) is 9.97. The minimum absolute atomic E-state index is 0.709. The summed E-state index contributed by atoms with van der Waals surface area (Å²) in [6.45, 7) is 4.43. The van der Waals surface area contributed by atoms with Crippen LogP contribution in [0.4, 0.5) is 5.69 Å². The largest absolute Gasteiger partial charge is 0.371 e. The molecule has 1 aliphatic rings. The number of hydrogen-bond donors (Lipinski definition) is 0. The minimum Gasteiger partial charge on any atom is -0.371 e. The van der Waals surface area contributed by atoms with Gasteiger partial charge in [-0.05, 0) is 31.4 Å². The molecule has 0 atom stereocenters. The molecule has 14 heavy (non-hydrogen) atoms. The Morgan fingerprint density at radius 3 is 2.79 bits per heavy atom. The van der Waals surface area contributed by atoms with E-state index in [0.29, 0.717) is 4.83 Å². The van der Waals surface area contributed by atoms with Gasteiger partial charge in [-0.3, -0.25) is 4.98 Å². The number of aromatic nitrogens is 1. The van der Waals surface area contributed by atoms with Crippen molar-refractivity contribution in [3.8, 4) is 0 Å². The van der Waals surface area contributed by atoms with E-state index in [2.05, 4.69) is 38.8 Å². The molecule has 3 heteroatoms. The molecular weight excluding hydrogens is 240 g/mol. The van der Waals surface area contributed by atoms with E-state index in [4.69, 9.17) is 0 Å². The van der Waals surface area contributed by atoms with Crippen LogP contribution in [0.1, 0.15) is 18.4 Å². The summed E-state index contributed by atoms with van der Waals surface area (Å²) in [6, 6.07) is 2.11. The predicted octanol–water partition coefficient (Wildman–Crippen LogP) is 2.75. The second kappa shape index (κ2) is 4.30. The van der Waals surface area contributed by atoms with Gasteiger partial charge in [-0.1, -0.05) is 15.9 Å². The molecule has 0 aromatic carbocycles. The number of alkyl halides is 1. The first-order chi connectivity index (χ1) is 6.77. The number of rotatable bonds is 1. The van der Waals surface area contributed by atoms with Gasteiger partial charge in [-0.2, -0.15) is 0 Å². The van der Waals surface area contributed by atoms with Crippen molar-refractivity contribution in [2.75, 3.05) is 18.0 Å². The van der Waals surface area contributed by atoms with E-state index in [1.54, 1.807) is 0 Å². The molecule has 1 aromatic rings. The Hall–Kier alpha value is -0.570. The molecule has 0 bridgehead atoms. The lowest BCUT2D eigenvalue weighted by atomic mass is 10.1. The van der Waals surface area contributed by atoms with Crippen molar-refractivity contribution in [2.45, 2.75) is 24.6 Å². The molecule has 0 unspecified atom stereocenters. The molecule has 0 saturated carbocycles. The molecule has 1 aliphatic heterocycles. The van der Waals surface area contributed by atoms with E-state index in [9.17, 15) is 0 Å². The Morgan fingerprint density at radius 1 is 1.43 bits per heavy atom. The summed E-state index contributed by atoms with van der Waals surface area (Å²) in [5.74, 6) is 0. The van der Waals surface area contributed by atoms with Crippen LogP contribution in [0.25, 0.3) is 0 Å². The van der Waals surface area contributed by atoms with Gasteiger partial charge in [0.15, 0.2) is 0 Å². The third kappa shape index (κ3) is 2.08. The Balaban J connectivity index is 2.12. The number of piperidine rings is 1. The van der Waals surface area contributed by atoms with Crippen LogP contribution in [0.2, 0.25) is 0 Å². The minimum atomic E-state index is 0.709. The number of aryl methyl sites for hydroxylation is 1. The summed E-state index contributed by atoms with van der Waals surface area (Å²) in [5, 5.41) is 0. The van der Waals surface area contributed by atoms with Crippen molar-refractivity contribution in [1.29, 1.82) is 0 Å². The SMILES string of the molecule is Cc1cnccc1N1CCC(Br)CC1. The lowest BCUT2D eigenvalue weighted by Gasteiger charge is -2.32. The second-order valence-corrected chi connectivity index (χ2v) is 5.12. The summed E-state index contributed by atoms with van der Waals surface area (Å²) < 4.78 is 0. The van der Waals surface area contributed by atoms with Gasteiger partial charge in [0.2, 0.25) is 0 Å². The van der Waals surface area contributed by atoms with Crippen molar-refractivity contribution in [3.63, 3.8) is 0 Å². The summed E-state index contributed by atoms with van der Waals surface area (Å²) in [7, 11) is 0. The van der Waals surface area contributed by atoms with Crippen molar-refractivity contribution < 1.29 is 0 Å². The van der Waals surface area contributed by atoms with Crippen LogP contribution in [0, 0.1) is 6.92 Å². The maximum absolute atomic E-state index is 4.12. The van der Waals surface area contributed by atoms with Crippen LogP contribution >= 0.6 is 15.9 Å². The Morgan fingerprint density at radius 2 is 2.14 bits per heavy atom. The number of hydrogen-bond acceptors (Lipinski definition) is 2. The first-order valence-electron chi connectivity index (χ1n) is 5.07. The van der Waals surface area contributed by atoms with Crippen LogP contribution in [-0.4, -0.2) is 22.9 Å². The number of pyridine rings is 1. The molecule has 76 valence electrons. The summed E-state index contributed by atoms with van der Waals surface area (Å²) in [5.41, 5.74) is 2.62. The van der Waals surface area contributed by atoms with Crippen molar-refractivity contribution >= 4 is 21.6 Å². The molecule has 0 radical (unpaired) electrons. The fraction of sp³-hybridized carbons (Fsp3) is 0.545. The lowest BCUT2D eigenvalue weighted by Crippen LogP contribution is -2.34. The predicted molar refractivity (Wildman–Crippen MR) is 63.1 cm³/mol. The molecule has 1 fully saturated rings. The zero-order chi connectivity index (χ0) is 9.97. The highest BCUT2D eigenvalue weighted by atomic mass is 79.9. The van der Waals surface area contributed by atoms with Crippen LogP contribution in [0.5, 0.6) is 0 Å². The van der Waals surface area contributed by atoms with Gasteiger partial charge in [0.25, 0.3) is 0 Å². The monoisotopic (exact) mass is 254 g/mol. The molecule has 0 amide bonds. The lowest BCUT2D eigenvalue weighted by molar-refractivity contribution is 0.596. The van der Waals surface area contributed by atoms with Gasteiger partial charge >= 0.3 is 0 Å². The summed E-state index contributed by atoms with van der Waals surface area (Å²) in [6.07, 6.45) is 6.29. The fourth-order valence-electron chi connectivity index (χ4n) is 1.91. The summed E-state index contributed by atoms with van der Waals surface area (Å²) >= 11 is 3.67. The Bertz CT molecular complexity index is 306. The van der Waals surface area contributed by atoms with Gasteiger partial charge in [-0.15, -0.1) is 0 Å². The molecule has 0 aliphatic carbocycles. The zero-order valence-corrected chi connectivity index (χ0v) is 10.00. The fourth-order valence-corrected chi connectivity index (χ4v) is 2.32. The van der Waals surface area contributed by atoms with Crippen molar-refractivity contribution in [2.24, 2.45) is 0 Å². The number of nitrogens with zero attached hydrogens (tertiary/aromatic N) is 2. The molecule has 1 aromatic heterocycles. The van der Waals surface area contributed by atoms with Crippen molar-refractivity contribution in [3.05, 3.63) is 24.0 Å². The average molecular weight is 255 g/mol. The average Bonchev–Trinajstić information content (AvgIpc) is 2.20. The molecule has 0 N–H and O–H groups in total. The highest BCUT2D eigenvalue weighted by molar-refractivity contribution is 9.09. The Labute approximate surface area is 93.5 Å². The van der Waals surface area contributed by atoms with Crippen LogP contribution in [-0.2, 0) is 0 Å². The van der Waals surface area contributed by atoms with Crippen LogP contribution < -0.4 is 4.90 Å². The quantitative estimate of drug-likeness (QED) is 0.717. The van der Waals surface area contributed by atoms with E-state index in [1.807, 2.05) is 12.4 Å². The topological polar surface area (TPSA) is 16.1 Å². The maximum atomic E-state index is 4.12. The van der Waals surface area contributed by atoms with Crippen LogP contribution in [0.3, 0.4) is 0 Å². The standard InChI is InChI=1S/C11H15BrN2/c1-9-8-13-5-2-11(9)14-6-3-10(12)4-7-14/h2,5,8,10H,3-4,6-7H2,1H3. The first-order valence-corrected chi connectivity index (χ1v) is 5.98. The second-order valence-electron chi connectivity index (χ2n) is 3.82. The van der Waals surface area contributed by atoms with E-state index < -0.39 is 0 Å². The van der Waals surface area contributed by atoms with Gasteiger partial charge < -0.3 is 4.90 Å². The van der Waals surface area contributed by atoms with Crippen LogP contribution in [0.15, 0.2) is 18.5 Å². The Kier molecular flexibility index (Phi) is 3.06. The van der Waals surface area contributed by atoms with E-state index in [1.165, 1.54) is 24.1 Å². The highest BCUT2D eigenvalue weighted by Crippen LogP contribution is 2.25. The van der Waals surface area contributed by atoms with Gasteiger partial charge in [0.05, 0.1) is 0 Å². The van der Waals surface area contributed by atoms with Crippen molar-refractivity contribution in [1.82, 2.24) is 4.98 Å². The molecule has 2 rings (SSSR count). The van der Waals surface area contributed by atoms with E-state index >= 15 is 0 Å².